The number of carboxylic acid groups (broad SMARTS) is 1. The topological polar surface area (TPSA) is 113 Å². The van der Waals surface area contributed by atoms with Crippen molar-refractivity contribution in [2.24, 2.45) is 17.4 Å². The predicted octanol–water partition coefficient (Wildman–Crippen LogP) is -1.86. The molecule has 0 aliphatic carbocycles. The molecule has 0 bridgehead atoms. The molecule has 0 radical (unpaired) electrons. The van der Waals surface area contributed by atoms with Gasteiger partial charge in [0.2, 0.25) is 5.91 Å². The largest absolute Gasteiger partial charge is 0.481 e. The Hall–Kier alpha value is -1.18. The third-order valence-electron chi connectivity index (χ3n) is 3.14. The molecule has 1 aliphatic rings. The lowest BCUT2D eigenvalue weighted by atomic mass is 10.1. The Balaban J connectivity index is 2.38. The maximum Gasteiger partial charge on any atom is 0.308 e. The summed E-state index contributed by atoms with van der Waals surface area (Å²) < 4.78 is 0. The number of carbonyl (C=O) groups excluding carboxylic acids is 1. The van der Waals surface area contributed by atoms with Gasteiger partial charge < -0.3 is 21.5 Å². The monoisotopic (exact) mass is 258 g/mol. The second-order valence-electron chi connectivity index (χ2n) is 4.50. The van der Waals surface area contributed by atoms with E-state index in [1.165, 1.54) is 0 Å². The summed E-state index contributed by atoms with van der Waals surface area (Å²) in [5.74, 6) is -1.54. The van der Waals surface area contributed by atoms with Crippen LogP contribution in [-0.2, 0) is 9.59 Å². The number of hydrogen-bond donors (Lipinski definition) is 3. The molecule has 1 fully saturated rings. The van der Waals surface area contributed by atoms with E-state index in [0.717, 1.165) is 13.1 Å². The van der Waals surface area contributed by atoms with E-state index in [1.807, 2.05) is 0 Å². The second-order valence-corrected chi connectivity index (χ2v) is 4.50. The number of aliphatic carboxylic acids is 1. The van der Waals surface area contributed by atoms with E-state index in [4.69, 9.17) is 16.6 Å². The van der Waals surface area contributed by atoms with Crippen molar-refractivity contribution in [1.29, 1.82) is 0 Å². The minimum absolute atomic E-state index is 0.0807. The lowest BCUT2D eigenvalue weighted by Crippen LogP contribution is -2.40. The number of hydrogen-bond acceptors (Lipinski definition) is 5. The van der Waals surface area contributed by atoms with Crippen molar-refractivity contribution in [2.45, 2.75) is 6.42 Å². The number of nitrogens with two attached hydrogens (primary N) is 2. The molecule has 1 atom stereocenters. The van der Waals surface area contributed by atoms with Gasteiger partial charge in [-0.3, -0.25) is 14.5 Å². The van der Waals surface area contributed by atoms with Gasteiger partial charge in [0.1, 0.15) is 0 Å². The minimum atomic E-state index is -0.897. The summed E-state index contributed by atoms with van der Waals surface area (Å²) in [6.07, 6.45) is 0.114. The Morgan fingerprint density at radius 1 is 1.33 bits per heavy atom. The van der Waals surface area contributed by atoms with Crippen LogP contribution < -0.4 is 11.5 Å². The van der Waals surface area contributed by atoms with Crippen LogP contribution in [0.1, 0.15) is 6.42 Å². The van der Waals surface area contributed by atoms with Crippen LogP contribution in [0.3, 0.4) is 0 Å². The van der Waals surface area contributed by atoms with Crippen molar-refractivity contribution in [3.63, 3.8) is 0 Å². The molecular weight excluding hydrogens is 236 g/mol. The van der Waals surface area contributed by atoms with E-state index < -0.39 is 11.9 Å². The van der Waals surface area contributed by atoms with E-state index in [0.29, 0.717) is 32.7 Å². The average Bonchev–Trinajstić information content (AvgIpc) is 2.68. The van der Waals surface area contributed by atoms with Crippen molar-refractivity contribution < 1.29 is 14.7 Å². The molecule has 1 amide bonds. The molecular formula is C11H22N4O3. The van der Waals surface area contributed by atoms with Crippen molar-refractivity contribution in [3.8, 4) is 0 Å². The molecule has 1 unspecified atom stereocenters. The smallest absolute Gasteiger partial charge is 0.308 e. The van der Waals surface area contributed by atoms with Crippen molar-refractivity contribution in [3.05, 3.63) is 0 Å². The van der Waals surface area contributed by atoms with Gasteiger partial charge in [-0.25, -0.2) is 0 Å². The van der Waals surface area contributed by atoms with Gasteiger partial charge >= 0.3 is 5.97 Å². The summed E-state index contributed by atoms with van der Waals surface area (Å²) in [6, 6.07) is 0. The third kappa shape index (κ3) is 4.25. The highest BCUT2D eigenvalue weighted by Crippen LogP contribution is 2.17. The number of likely N-dealkylation sites (tertiary alicyclic amines) is 1. The Morgan fingerprint density at radius 2 is 1.94 bits per heavy atom. The zero-order chi connectivity index (χ0) is 13.5. The lowest BCUT2D eigenvalue weighted by Gasteiger charge is -2.24. The van der Waals surface area contributed by atoms with E-state index in [9.17, 15) is 9.59 Å². The van der Waals surface area contributed by atoms with Crippen LogP contribution in [0.2, 0.25) is 0 Å². The van der Waals surface area contributed by atoms with Crippen LogP contribution in [0.25, 0.3) is 0 Å². The lowest BCUT2D eigenvalue weighted by molar-refractivity contribution is -0.141. The maximum atomic E-state index is 11.6. The number of amides is 1. The molecule has 5 N–H and O–H groups in total. The van der Waals surface area contributed by atoms with Gasteiger partial charge in [0, 0.05) is 52.2 Å². The maximum absolute atomic E-state index is 11.6. The summed E-state index contributed by atoms with van der Waals surface area (Å²) >= 11 is 0. The molecule has 0 aromatic heterocycles. The fourth-order valence-corrected chi connectivity index (χ4v) is 2.12. The van der Waals surface area contributed by atoms with Crippen molar-refractivity contribution in [1.82, 2.24) is 9.80 Å². The summed E-state index contributed by atoms with van der Waals surface area (Å²) in [7, 11) is 0. The fraction of sp³-hybridized carbons (Fsp3) is 0.818. The SMILES string of the molecule is NCCN(CCN)CCN1CC(C(=O)O)CC1=O. The van der Waals surface area contributed by atoms with Gasteiger partial charge in [0.25, 0.3) is 0 Å². The van der Waals surface area contributed by atoms with Crippen LogP contribution in [0.15, 0.2) is 0 Å². The van der Waals surface area contributed by atoms with Gasteiger partial charge in [0.15, 0.2) is 0 Å². The van der Waals surface area contributed by atoms with Gasteiger partial charge in [-0.2, -0.15) is 0 Å². The highest BCUT2D eigenvalue weighted by molar-refractivity contribution is 5.86. The molecule has 1 saturated heterocycles. The summed E-state index contributed by atoms with van der Waals surface area (Å²) in [5, 5.41) is 8.87. The zero-order valence-electron chi connectivity index (χ0n) is 10.5. The number of carboxylic acids is 1. The molecule has 1 rings (SSSR count). The van der Waals surface area contributed by atoms with Crippen LogP contribution in [0.5, 0.6) is 0 Å². The first-order valence-electron chi connectivity index (χ1n) is 6.21. The number of nitrogens with zero attached hydrogens (tertiary/aromatic N) is 2. The van der Waals surface area contributed by atoms with E-state index in [2.05, 4.69) is 4.90 Å². The van der Waals surface area contributed by atoms with Crippen LogP contribution in [0.4, 0.5) is 0 Å². The summed E-state index contributed by atoms with van der Waals surface area (Å²) in [6.45, 7) is 4.11. The van der Waals surface area contributed by atoms with E-state index >= 15 is 0 Å². The first-order chi connectivity index (χ1) is 8.58. The molecule has 0 saturated carbocycles. The average molecular weight is 258 g/mol. The Labute approximate surface area is 107 Å². The summed E-state index contributed by atoms with van der Waals surface area (Å²) in [4.78, 5) is 26.1. The van der Waals surface area contributed by atoms with Gasteiger partial charge in [-0.15, -0.1) is 0 Å². The highest BCUT2D eigenvalue weighted by Gasteiger charge is 2.33. The molecule has 1 heterocycles. The van der Waals surface area contributed by atoms with Gasteiger partial charge in [0.05, 0.1) is 5.92 Å². The van der Waals surface area contributed by atoms with Gasteiger partial charge in [-0.05, 0) is 0 Å². The van der Waals surface area contributed by atoms with Crippen molar-refractivity contribution >= 4 is 11.9 Å². The Bertz CT molecular complexity index is 292. The van der Waals surface area contributed by atoms with E-state index in [1.54, 1.807) is 4.90 Å². The molecule has 1 aliphatic heterocycles. The molecule has 0 aromatic carbocycles. The fourth-order valence-electron chi connectivity index (χ4n) is 2.12. The van der Waals surface area contributed by atoms with Crippen LogP contribution in [0, 0.1) is 5.92 Å². The Morgan fingerprint density at radius 3 is 2.39 bits per heavy atom. The number of carbonyl (C=O) groups is 2. The standard InChI is InChI=1S/C11H22N4O3/c12-1-3-14(4-2-13)5-6-15-8-9(11(17)18)7-10(15)16/h9H,1-8,12-13H2,(H,17,18). The molecule has 0 spiro atoms. The molecule has 104 valence electrons. The first kappa shape index (κ1) is 14.9. The minimum Gasteiger partial charge on any atom is -0.481 e. The zero-order valence-corrected chi connectivity index (χ0v) is 10.5. The quantitative estimate of drug-likeness (QED) is 0.470. The van der Waals surface area contributed by atoms with Crippen LogP contribution in [-0.4, -0.2) is 72.6 Å². The number of rotatable bonds is 8. The first-order valence-corrected chi connectivity index (χ1v) is 6.21. The summed E-state index contributed by atoms with van der Waals surface area (Å²) in [5.41, 5.74) is 11.0. The predicted molar refractivity (Wildman–Crippen MR) is 66.9 cm³/mol. The molecule has 0 aromatic rings. The normalized spacial score (nSPS) is 19.8. The molecule has 18 heavy (non-hydrogen) atoms. The van der Waals surface area contributed by atoms with Gasteiger partial charge in [-0.1, -0.05) is 0 Å². The molecule has 7 nitrogen and oxygen atoms in total. The second kappa shape index (κ2) is 7.30. The third-order valence-corrected chi connectivity index (χ3v) is 3.14. The van der Waals surface area contributed by atoms with Crippen LogP contribution >= 0.6 is 0 Å². The van der Waals surface area contributed by atoms with Crippen molar-refractivity contribution in [2.75, 3.05) is 45.8 Å². The van der Waals surface area contributed by atoms with E-state index in [-0.39, 0.29) is 12.3 Å². The highest BCUT2D eigenvalue weighted by atomic mass is 16.4. The molecule has 7 heteroatoms. The Kier molecular flexibility index (Phi) is 6.03.